The van der Waals surface area contributed by atoms with Crippen LogP contribution in [0.1, 0.15) is 42.1 Å². The summed E-state index contributed by atoms with van der Waals surface area (Å²) < 4.78 is 28.1. The zero-order chi connectivity index (χ0) is 23.3. The molecule has 168 valence electrons. The molecule has 0 aliphatic rings. The quantitative estimate of drug-likeness (QED) is 0.529. The molecule has 1 atom stereocenters. The Morgan fingerprint density at radius 3 is 2.19 bits per heavy atom. The predicted molar refractivity (Wildman–Crippen MR) is 129 cm³/mol. The number of benzene rings is 3. The fourth-order valence-electron chi connectivity index (χ4n) is 3.48. The first kappa shape index (κ1) is 23.5. The highest BCUT2D eigenvalue weighted by molar-refractivity contribution is 7.92. The molecule has 1 amide bonds. The van der Waals surface area contributed by atoms with Gasteiger partial charge < -0.3 is 5.32 Å². The zero-order valence-corrected chi connectivity index (χ0v) is 19.8. The van der Waals surface area contributed by atoms with E-state index in [-0.39, 0.29) is 23.4 Å². The summed E-state index contributed by atoms with van der Waals surface area (Å²) in [5.74, 6) is -0.366. The second-order valence-corrected chi connectivity index (χ2v) is 9.91. The van der Waals surface area contributed by atoms with Crippen molar-refractivity contribution in [2.24, 2.45) is 0 Å². The van der Waals surface area contributed by atoms with Crippen molar-refractivity contribution in [3.05, 3.63) is 95.1 Å². The Kier molecular flexibility index (Phi) is 7.36. The Bertz CT molecular complexity index is 1170. The molecule has 0 saturated heterocycles. The minimum Gasteiger partial charge on any atom is -0.348 e. The van der Waals surface area contributed by atoms with Gasteiger partial charge in [0.15, 0.2) is 0 Å². The number of amides is 1. The lowest BCUT2D eigenvalue weighted by atomic mass is 10.1. The normalized spacial score (nSPS) is 12.2. The van der Waals surface area contributed by atoms with Crippen LogP contribution in [0, 0.1) is 13.8 Å². The molecule has 0 aliphatic heterocycles. The molecule has 3 aromatic rings. The van der Waals surface area contributed by atoms with Crippen molar-refractivity contribution in [2.75, 3.05) is 10.8 Å². The third-order valence-electron chi connectivity index (χ3n) is 5.45. The van der Waals surface area contributed by atoms with E-state index in [1.807, 2.05) is 51.1 Å². The first-order valence-electron chi connectivity index (χ1n) is 10.7. The maximum atomic E-state index is 13.5. The van der Waals surface area contributed by atoms with Crippen LogP contribution in [0.5, 0.6) is 0 Å². The minimum absolute atomic E-state index is 0.153. The molecule has 3 rings (SSSR count). The number of anilines is 1. The van der Waals surface area contributed by atoms with E-state index in [0.717, 1.165) is 23.1 Å². The molecule has 3 aromatic carbocycles. The minimum atomic E-state index is -3.92. The maximum Gasteiger partial charge on any atom is 0.264 e. The summed E-state index contributed by atoms with van der Waals surface area (Å²) in [6.45, 7) is 7.47. The van der Waals surface area contributed by atoms with Crippen LogP contribution in [0.2, 0.25) is 0 Å². The van der Waals surface area contributed by atoms with Crippen LogP contribution in [-0.4, -0.2) is 20.9 Å². The lowest BCUT2D eigenvalue weighted by Gasteiger charge is -2.25. The molecular weight excluding hydrogens is 420 g/mol. The van der Waals surface area contributed by atoms with E-state index in [9.17, 15) is 13.2 Å². The summed E-state index contributed by atoms with van der Waals surface area (Å²) in [6.07, 6.45) is 0.948. The van der Waals surface area contributed by atoms with Gasteiger partial charge in [0.25, 0.3) is 10.0 Å². The lowest BCUT2D eigenvalue weighted by Crippen LogP contribution is -2.41. The van der Waals surface area contributed by atoms with Gasteiger partial charge in [-0.2, -0.15) is 0 Å². The second kappa shape index (κ2) is 10.0. The average Bonchev–Trinajstić information content (AvgIpc) is 2.77. The molecule has 6 heteroatoms. The van der Waals surface area contributed by atoms with E-state index in [0.29, 0.717) is 5.69 Å². The van der Waals surface area contributed by atoms with Crippen LogP contribution < -0.4 is 9.62 Å². The average molecular weight is 451 g/mol. The van der Waals surface area contributed by atoms with Crippen molar-refractivity contribution in [3.8, 4) is 0 Å². The monoisotopic (exact) mass is 450 g/mol. The molecule has 0 heterocycles. The first-order chi connectivity index (χ1) is 15.2. The topological polar surface area (TPSA) is 66.5 Å². The Hall–Kier alpha value is -3.12. The SMILES string of the molecule is CCc1ccc(C(C)NC(=O)CN(c2cccc(C)c2)S(=O)(=O)c2ccc(C)cc2)cc1. The smallest absolute Gasteiger partial charge is 0.264 e. The molecule has 0 radical (unpaired) electrons. The lowest BCUT2D eigenvalue weighted by molar-refractivity contribution is -0.120. The summed E-state index contributed by atoms with van der Waals surface area (Å²) in [5.41, 5.74) is 4.53. The van der Waals surface area contributed by atoms with E-state index >= 15 is 0 Å². The molecule has 0 bridgehead atoms. The molecule has 0 aliphatic carbocycles. The number of rotatable bonds is 8. The van der Waals surface area contributed by atoms with Gasteiger partial charge in [-0.05, 0) is 68.1 Å². The van der Waals surface area contributed by atoms with Gasteiger partial charge in [0.1, 0.15) is 6.54 Å². The summed E-state index contributed by atoms with van der Waals surface area (Å²) in [5, 5.41) is 2.94. The number of hydrogen-bond donors (Lipinski definition) is 1. The number of hydrogen-bond acceptors (Lipinski definition) is 3. The van der Waals surface area contributed by atoms with Crippen molar-refractivity contribution in [1.82, 2.24) is 5.32 Å². The highest BCUT2D eigenvalue weighted by Crippen LogP contribution is 2.25. The summed E-state index contributed by atoms with van der Waals surface area (Å²) in [4.78, 5) is 13.1. The van der Waals surface area contributed by atoms with Crippen molar-refractivity contribution < 1.29 is 13.2 Å². The van der Waals surface area contributed by atoms with Crippen LogP contribution in [0.4, 0.5) is 5.69 Å². The van der Waals surface area contributed by atoms with Gasteiger partial charge in [-0.3, -0.25) is 9.10 Å². The molecular formula is C26H30N2O3S. The predicted octanol–water partition coefficient (Wildman–Crippen LogP) is 4.94. The number of carbonyl (C=O) groups is 1. The molecule has 32 heavy (non-hydrogen) atoms. The molecule has 5 nitrogen and oxygen atoms in total. The van der Waals surface area contributed by atoms with Crippen LogP contribution in [-0.2, 0) is 21.2 Å². The van der Waals surface area contributed by atoms with Crippen LogP contribution in [0.3, 0.4) is 0 Å². The second-order valence-electron chi connectivity index (χ2n) is 8.05. The number of nitrogens with one attached hydrogen (secondary N) is 1. The van der Waals surface area contributed by atoms with Gasteiger partial charge in [-0.15, -0.1) is 0 Å². The zero-order valence-electron chi connectivity index (χ0n) is 19.0. The number of nitrogens with zero attached hydrogens (tertiary/aromatic N) is 1. The van der Waals surface area contributed by atoms with E-state index in [1.165, 1.54) is 9.87 Å². The Balaban J connectivity index is 1.86. The first-order valence-corrected chi connectivity index (χ1v) is 12.2. The molecule has 1 N–H and O–H groups in total. The van der Waals surface area contributed by atoms with Crippen LogP contribution in [0.25, 0.3) is 0 Å². The maximum absolute atomic E-state index is 13.5. The van der Waals surface area contributed by atoms with Gasteiger partial charge in [0, 0.05) is 0 Å². The van der Waals surface area contributed by atoms with Gasteiger partial charge >= 0.3 is 0 Å². The fourth-order valence-corrected chi connectivity index (χ4v) is 4.89. The van der Waals surface area contributed by atoms with Crippen LogP contribution >= 0.6 is 0 Å². The molecule has 0 spiro atoms. The Labute approximate surface area is 191 Å². The van der Waals surface area contributed by atoms with Crippen molar-refractivity contribution >= 4 is 21.6 Å². The van der Waals surface area contributed by atoms with E-state index in [2.05, 4.69) is 12.2 Å². The third-order valence-corrected chi connectivity index (χ3v) is 7.24. The van der Waals surface area contributed by atoms with Crippen LogP contribution in [0.15, 0.2) is 77.7 Å². The molecule has 1 unspecified atom stereocenters. The van der Waals surface area contributed by atoms with Gasteiger partial charge in [0.2, 0.25) is 5.91 Å². The summed E-state index contributed by atoms with van der Waals surface area (Å²) >= 11 is 0. The van der Waals surface area contributed by atoms with Gasteiger partial charge in [0.05, 0.1) is 16.6 Å². The fraction of sp³-hybridized carbons (Fsp3) is 0.269. The van der Waals surface area contributed by atoms with E-state index < -0.39 is 10.0 Å². The highest BCUT2D eigenvalue weighted by atomic mass is 32.2. The van der Waals surface area contributed by atoms with E-state index in [1.54, 1.807) is 42.5 Å². The molecule has 0 aromatic heterocycles. The highest BCUT2D eigenvalue weighted by Gasteiger charge is 2.27. The van der Waals surface area contributed by atoms with Gasteiger partial charge in [-0.25, -0.2) is 8.42 Å². The number of carbonyl (C=O) groups excluding carboxylic acids is 1. The van der Waals surface area contributed by atoms with E-state index in [4.69, 9.17) is 0 Å². The molecule has 0 saturated carbocycles. The van der Waals surface area contributed by atoms with Crippen molar-refractivity contribution in [2.45, 2.75) is 45.1 Å². The van der Waals surface area contributed by atoms with Crippen molar-refractivity contribution in [3.63, 3.8) is 0 Å². The standard InChI is InChI=1S/C26H30N2O3S/c1-5-22-11-13-23(14-12-22)21(4)27-26(29)18-28(24-8-6-7-20(3)17-24)32(30,31)25-15-9-19(2)10-16-25/h6-17,21H,5,18H2,1-4H3,(H,27,29). The number of aryl methyl sites for hydroxylation is 3. The molecule has 0 fully saturated rings. The Morgan fingerprint density at radius 1 is 0.938 bits per heavy atom. The van der Waals surface area contributed by atoms with Gasteiger partial charge in [-0.1, -0.05) is 61.0 Å². The summed E-state index contributed by atoms with van der Waals surface area (Å²) in [7, 11) is -3.92. The Morgan fingerprint density at radius 2 is 1.59 bits per heavy atom. The largest absolute Gasteiger partial charge is 0.348 e. The summed E-state index contributed by atoms with van der Waals surface area (Å²) in [6, 6.07) is 21.6. The van der Waals surface area contributed by atoms with Crippen molar-refractivity contribution in [1.29, 1.82) is 0 Å². The number of sulfonamides is 1. The third kappa shape index (κ3) is 5.56.